The number of halogens is 1. The van der Waals surface area contributed by atoms with Crippen molar-refractivity contribution in [2.24, 2.45) is 10.4 Å². The van der Waals surface area contributed by atoms with E-state index in [1.165, 1.54) is 49.8 Å². The van der Waals surface area contributed by atoms with Crippen molar-refractivity contribution in [3.8, 4) is 0 Å². The average molecular weight is 470 g/mol. The monoisotopic (exact) mass is 470 g/mol. The molecular weight excluding hydrogens is 435 g/mol. The second-order valence-corrected chi connectivity index (χ2v) is 7.93. The van der Waals surface area contributed by atoms with Crippen LogP contribution in [0.5, 0.6) is 0 Å². The standard InChI is InChI=1S/C21H34N4.HI/c1-4-24(3)16-19-9-7-8-18(14-19)15-23-20(22-2)25-13-12-21(17-25)10-5-6-11-21;/h7-9,14H,4-6,10-13,15-17H2,1-3H3,(H,22,23);1H. The highest BCUT2D eigenvalue weighted by Gasteiger charge is 2.40. The van der Waals surface area contributed by atoms with Gasteiger partial charge in [0.15, 0.2) is 5.96 Å². The van der Waals surface area contributed by atoms with Crippen molar-refractivity contribution in [2.75, 3.05) is 33.7 Å². The Morgan fingerprint density at radius 3 is 2.65 bits per heavy atom. The van der Waals surface area contributed by atoms with Crippen LogP contribution < -0.4 is 5.32 Å². The first kappa shape index (κ1) is 21.5. The molecule has 1 N–H and O–H groups in total. The Morgan fingerprint density at radius 1 is 1.23 bits per heavy atom. The van der Waals surface area contributed by atoms with E-state index in [1.807, 2.05) is 7.05 Å². The number of aliphatic imine (C=N–C) groups is 1. The molecule has 4 nitrogen and oxygen atoms in total. The highest BCUT2D eigenvalue weighted by molar-refractivity contribution is 14.0. The molecule has 1 heterocycles. The molecule has 1 aliphatic heterocycles. The summed E-state index contributed by atoms with van der Waals surface area (Å²) in [6.45, 7) is 7.47. The Balaban J connectivity index is 0.00000243. The maximum atomic E-state index is 4.55. The first-order chi connectivity index (χ1) is 12.1. The van der Waals surface area contributed by atoms with E-state index in [-0.39, 0.29) is 24.0 Å². The van der Waals surface area contributed by atoms with Gasteiger partial charge in [0, 0.05) is 33.2 Å². The van der Waals surface area contributed by atoms with Gasteiger partial charge in [0.05, 0.1) is 0 Å². The number of likely N-dealkylation sites (tertiary alicyclic amines) is 1. The molecule has 1 spiro atoms. The van der Waals surface area contributed by atoms with Gasteiger partial charge in [-0.05, 0) is 49.4 Å². The van der Waals surface area contributed by atoms with E-state index in [1.54, 1.807) is 0 Å². The molecule has 146 valence electrons. The second kappa shape index (κ2) is 9.93. The normalized spacial score (nSPS) is 19.2. The van der Waals surface area contributed by atoms with E-state index in [2.05, 4.69) is 58.3 Å². The maximum Gasteiger partial charge on any atom is 0.193 e. The first-order valence-electron chi connectivity index (χ1n) is 9.86. The van der Waals surface area contributed by atoms with E-state index in [9.17, 15) is 0 Å². The lowest BCUT2D eigenvalue weighted by Gasteiger charge is -2.26. The fourth-order valence-electron chi connectivity index (χ4n) is 4.42. The molecule has 0 aromatic heterocycles. The maximum absolute atomic E-state index is 4.55. The molecule has 2 aliphatic rings. The van der Waals surface area contributed by atoms with Crippen molar-refractivity contribution in [3.05, 3.63) is 35.4 Å². The zero-order valence-corrected chi connectivity index (χ0v) is 19.0. The predicted molar refractivity (Wildman–Crippen MR) is 121 cm³/mol. The highest BCUT2D eigenvalue weighted by Crippen LogP contribution is 2.45. The zero-order chi connectivity index (χ0) is 17.7. The lowest BCUT2D eigenvalue weighted by atomic mass is 9.86. The average Bonchev–Trinajstić information content (AvgIpc) is 3.26. The molecule has 0 bridgehead atoms. The second-order valence-electron chi connectivity index (χ2n) is 7.93. The molecule has 0 amide bonds. The molecule has 1 saturated heterocycles. The quantitative estimate of drug-likeness (QED) is 0.400. The van der Waals surface area contributed by atoms with Crippen LogP contribution in [0.2, 0.25) is 0 Å². The van der Waals surface area contributed by atoms with Gasteiger partial charge in [-0.15, -0.1) is 24.0 Å². The smallest absolute Gasteiger partial charge is 0.193 e. The van der Waals surface area contributed by atoms with Gasteiger partial charge in [0.1, 0.15) is 0 Å². The fraction of sp³-hybridized carbons (Fsp3) is 0.667. The SMILES string of the molecule is CCN(C)Cc1cccc(CNC(=NC)N2CCC3(CCCC3)C2)c1.I. The summed E-state index contributed by atoms with van der Waals surface area (Å²) in [6, 6.07) is 8.91. The van der Waals surface area contributed by atoms with Crippen LogP contribution in [0.1, 0.15) is 50.2 Å². The number of hydrogen-bond donors (Lipinski definition) is 1. The molecule has 1 saturated carbocycles. The van der Waals surface area contributed by atoms with Crippen LogP contribution in [0, 0.1) is 5.41 Å². The Hall–Kier alpha value is -0.820. The number of guanidine groups is 1. The molecular formula is C21H35IN4. The number of hydrogen-bond acceptors (Lipinski definition) is 2. The van der Waals surface area contributed by atoms with Crippen LogP contribution in [-0.2, 0) is 13.1 Å². The van der Waals surface area contributed by atoms with Crippen molar-refractivity contribution in [3.63, 3.8) is 0 Å². The summed E-state index contributed by atoms with van der Waals surface area (Å²) in [5, 5.41) is 3.59. The van der Waals surface area contributed by atoms with Crippen LogP contribution in [0.25, 0.3) is 0 Å². The summed E-state index contributed by atoms with van der Waals surface area (Å²) in [4.78, 5) is 9.35. The number of benzene rings is 1. The third kappa shape index (κ3) is 5.35. The van der Waals surface area contributed by atoms with Gasteiger partial charge in [-0.1, -0.05) is 44.0 Å². The Labute approximate surface area is 176 Å². The molecule has 1 aromatic carbocycles. The molecule has 0 radical (unpaired) electrons. The van der Waals surface area contributed by atoms with Gasteiger partial charge in [-0.25, -0.2) is 0 Å². The first-order valence-corrected chi connectivity index (χ1v) is 9.86. The minimum absolute atomic E-state index is 0. The number of nitrogens with one attached hydrogen (secondary N) is 1. The minimum atomic E-state index is 0. The predicted octanol–water partition coefficient (Wildman–Crippen LogP) is 4.10. The lowest BCUT2D eigenvalue weighted by molar-refractivity contribution is 0.309. The van der Waals surface area contributed by atoms with Crippen LogP contribution >= 0.6 is 24.0 Å². The van der Waals surface area contributed by atoms with Gasteiger partial charge in [0.25, 0.3) is 0 Å². The van der Waals surface area contributed by atoms with E-state index in [0.29, 0.717) is 5.41 Å². The number of nitrogens with zero attached hydrogens (tertiary/aromatic N) is 3. The lowest BCUT2D eigenvalue weighted by Crippen LogP contribution is -2.40. The molecule has 5 heteroatoms. The zero-order valence-electron chi connectivity index (χ0n) is 16.6. The van der Waals surface area contributed by atoms with Crippen LogP contribution in [0.4, 0.5) is 0 Å². The number of rotatable bonds is 5. The summed E-state index contributed by atoms with van der Waals surface area (Å²) < 4.78 is 0. The fourth-order valence-corrected chi connectivity index (χ4v) is 4.42. The van der Waals surface area contributed by atoms with Gasteiger partial charge in [-0.2, -0.15) is 0 Å². The van der Waals surface area contributed by atoms with E-state index in [0.717, 1.165) is 32.1 Å². The van der Waals surface area contributed by atoms with Crippen molar-refractivity contribution >= 4 is 29.9 Å². The Morgan fingerprint density at radius 2 is 1.96 bits per heavy atom. The molecule has 0 atom stereocenters. The van der Waals surface area contributed by atoms with E-state index < -0.39 is 0 Å². The molecule has 3 rings (SSSR count). The summed E-state index contributed by atoms with van der Waals surface area (Å²) in [7, 11) is 4.08. The summed E-state index contributed by atoms with van der Waals surface area (Å²) in [5.41, 5.74) is 3.30. The summed E-state index contributed by atoms with van der Waals surface area (Å²) >= 11 is 0. The molecule has 2 fully saturated rings. The molecule has 1 aliphatic carbocycles. The molecule has 26 heavy (non-hydrogen) atoms. The van der Waals surface area contributed by atoms with Crippen molar-refractivity contribution in [1.29, 1.82) is 0 Å². The molecule has 1 aromatic rings. The minimum Gasteiger partial charge on any atom is -0.352 e. The Kier molecular flexibility index (Phi) is 8.20. The van der Waals surface area contributed by atoms with Gasteiger partial charge in [0.2, 0.25) is 0 Å². The van der Waals surface area contributed by atoms with Crippen molar-refractivity contribution in [1.82, 2.24) is 15.1 Å². The van der Waals surface area contributed by atoms with Crippen LogP contribution in [0.3, 0.4) is 0 Å². The third-order valence-corrected chi connectivity index (χ3v) is 6.05. The van der Waals surface area contributed by atoms with E-state index >= 15 is 0 Å². The summed E-state index contributed by atoms with van der Waals surface area (Å²) in [6.07, 6.45) is 6.99. The van der Waals surface area contributed by atoms with Crippen molar-refractivity contribution in [2.45, 2.75) is 52.1 Å². The topological polar surface area (TPSA) is 30.9 Å². The highest BCUT2D eigenvalue weighted by atomic mass is 127. The van der Waals surface area contributed by atoms with Gasteiger partial charge in [-0.3, -0.25) is 4.99 Å². The van der Waals surface area contributed by atoms with Gasteiger partial charge < -0.3 is 15.1 Å². The van der Waals surface area contributed by atoms with E-state index in [4.69, 9.17) is 0 Å². The van der Waals surface area contributed by atoms with Crippen LogP contribution in [-0.4, -0.2) is 49.5 Å². The Bertz CT molecular complexity index is 595. The van der Waals surface area contributed by atoms with Crippen LogP contribution in [0.15, 0.2) is 29.3 Å². The van der Waals surface area contributed by atoms with Crippen molar-refractivity contribution < 1.29 is 0 Å². The summed E-state index contributed by atoms with van der Waals surface area (Å²) in [5.74, 6) is 1.07. The largest absolute Gasteiger partial charge is 0.352 e. The van der Waals surface area contributed by atoms with Gasteiger partial charge >= 0.3 is 0 Å². The third-order valence-electron chi connectivity index (χ3n) is 6.05. The molecule has 0 unspecified atom stereocenters.